The van der Waals surface area contributed by atoms with E-state index in [2.05, 4.69) is 23.6 Å². The van der Waals surface area contributed by atoms with E-state index in [9.17, 15) is 0 Å². The average Bonchev–Trinajstić information content (AvgIpc) is 3.11. The van der Waals surface area contributed by atoms with Gasteiger partial charge in [0.2, 0.25) is 0 Å². The number of allylic oxidation sites excluding steroid dienone is 4. The zero-order chi connectivity index (χ0) is 15.1. The Morgan fingerprint density at radius 1 is 0.727 bits per heavy atom. The molecule has 0 aromatic heterocycles. The lowest BCUT2D eigenvalue weighted by molar-refractivity contribution is 0.285. The monoisotopic (exact) mass is 294 g/mol. The molecule has 0 aromatic carbocycles. The molecule has 0 atom stereocenters. The van der Waals surface area contributed by atoms with Crippen LogP contribution in [0.15, 0.2) is 70.7 Å². The van der Waals surface area contributed by atoms with Gasteiger partial charge in [0.25, 0.3) is 0 Å². The van der Waals surface area contributed by atoms with Crippen LogP contribution in [0.4, 0.5) is 0 Å². The second-order valence-electron chi connectivity index (χ2n) is 5.14. The molecule has 4 aliphatic heterocycles. The second-order valence-corrected chi connectivity index (χ2v) is 5.14. The summed E-state index contributed by atoms with van der Waals surface area (Å²) >= 11 is 0. The van der Waals surface area contributed by atoms with Gasteiger partial charge in [-0.15, -0.1) is 0 Å². The Bertz CT molecular complexity index is 646. The second kappa shape index (κ2) is 4.91. The van der Waals surface area contributed by atoms with E-state index in [1.54, 1.807) is 0 Å². The number of nitrogens with zero attached hydrogens (tertiary/aromatic N) is 6. The Hall–Kier alpha value is -2.76. The number of amidine groups is 2. The zero-order valence-electron chi connectivity index (χ0n) is 12.7. The molecule has 22 heavy (non-hydrogen) atoms. The first kappa shape index (κ1) is 12.9. The van der Waals surface area contributed by atoms with Crippen molar-refractivity contribution in [2.24, 2.45) is 10.2 Å². The molecule has 0 fully saturated rings. The molecule has 0 radical (unpaired) electrons. The summed E-state index contributed by atoms with van der Waals surface area (Å²) in [5.74, 6) is 3.96. The number of hydrazone groups is 2. The summed E-state index contributed by atoms with van der Waals surface area (Å²) in [7, 11) is 0. The van der Waals surface area contributed by atoms with Crippen LogP contribution in [-0.4, -0.2) is 44.6 Å². The van der Waals surface area contributed by atoms with Gasteiger partial charge in [0.15, 0.2) is 23.3 Å². The number of fused-ring (bicyclic) bond motifs is 2. The minimum absolute atomic E-state index is 0.806. The molecule has 6 heteroatoms. The van der Waals surface area contributed by atoms with Gasteiger partial charge < -0.3 is 0 Å². The van der Waals surface area contributed by atoms with Crippen LogP contribution in [0.5, 0.6) is 0 Å². The maximum Gasteiger partial charge on any atom is 0.179 e. The first-order valence-electron chi connectivity index (χ1n) is 7.58. The molecule has 112 valence electrons. The van der Waals surface area contributed by atoms with Crippen LogP contribution in [0.1, 0.15) is 13.8 Å². The predicted molar refractivity (Wildman–Crippen MR) is 86.9 cm³/mol. The summed E-state index contributed by atoms with van der Waals surface area (Å²) in [5, 5.41) is 13.4. The summed E-state index contributed by atoms with van der Waals surface area (Å²) in [4.78, 5) is 4.23. The Morgan fingerprint density at radius 2 is 1.18 bits per heavy atom. The molecule has 0 saturated carbocycles. The van der Waals surface area contributed by atoms with Crippen LogP contribution in [0.2, 0.25) is 0 Å². The van der Waals surface area contributed by atoms with Crippen LogP contribution in [0, 0.1) is 0 Å². The van der Waals surface area contributed by atoms with Gasteiger partial charge in [-0.25, -0.2) is 10.0 Å². The van der Waals surface area contributed by atoms with Crippen molar-refractivity contribution in [1.82, 2.24) is 19.8 Å². The summed E-state index contributed by atoms with van der Waals surface area (Å²) in [6, 6.07) is 0. The Kier molecular flexibility index (Phi) is 2.89. The van der Waals surface area contributed by atoms with E-state index < -0.39 is 0 Å². The van der Waals surface area contributed by atoms with Crippen molar-refractivity contribution in [3.63, 3.8) is 0 Å². The molecule has 0 aromatic rings. The third kappa shape index (κ3) is 1.73. The van der Waals surface area contributed by atoms with Crippen molar-refractivity contribution in [2.75, 3.05) is 13.1 Å². The number of hydrogen-bond acceptors (Lipinski definition) is 6. The molecule has 0 N–H and O–H groups in total. The van der Waals surface area contributed by atoms with Gasteiger partial charge in [-0.05, 0) is 38.2 Å². The van der Waals surface area contributed by atoms with Gasteiger partial charge in [0.05, 0.1) is 0 Å². The van der Waals surface area contributed by atoms with E-state index in [4.69, 9.17) is 10.2 Å². The standard InChI is InChI=1S/C16H18N6/c1-3-21-15(19-11-7-5-9-13(19)17-21)16-20-12-8-6-10-14(20)18-22(16)4-2/h5-12H,3-4H2,1-2H3/b16-15+. The van der Waals surface area contributed by atoms with Crippen LogP contribution >= 0.6 is 0 Å². The van der Waals surface area contributed by atoms with Gasteiger partial charge in [-0.1, -0.05) is 12.2 Å². The van der Waals surface area contributed by atoms with Gasteiger partial charge in [-0.2, -0.15) is 10.2 Å². The number of hydrogen-bond donors (Lipinski definition) is 0. The van der Waals surface area contributed by atoms with E-state index >= 15 is 0 Å². The fourth-order valence-corrected chi connectivity index (χ4v) is 2.87. The van der Waals surface area contributed by atoms with Crippen LogP contribution in [-0.2, 0) is 0 Å². The Labute approximate surface area is 130 Å². The SMILES string of the molecule is CCN1N=C2C=CC=CN2/C1=C1\N(CC)N=C2C=CC=CN21. The maximum atomic E-state index is 4.69. The molecule has 0 unspecified atom stereocenters. The van der Waals surface area contributed by atoms with Crippen LogP contribution < -0.4 is 0 Å². The molecular formula is C16H18N6. The Balaban J connectivity index is 1.85. The minimum Gasteiger partial charge on any atom is -0.282 e. The molecule has 0 bridgehead atoms. The van der Waals surface area contributed by atoms with Crippen molar-refractivity contribution in [2.45, 2.75) is 13.8 Å². The third-order valence-corrected chi connectivity index (χ3v) is 3.87. The number of rotatable bonds is 2. The van der Waals surface area contributed by atoms with E-state index in [0.717, 1.165) is 36.4 Å². The first-order valence-corrected chi connectivity index (χ1v) is 7.58. The molecule has 0 aliphatic carbocycles. The summed E-state index contributed by atoms with van der Waals surface area (Å²) in [5.41, 5.74) is 0. The topological polar surface area (TPSA) is 37.7 Å². The minimum atomic E-state index is 0.806. The third-order valence-electron chi connectivity index (χ3n) is 3.87. The average molecular weight is 294 g/mol. The maximum absolute atomic E-state index is 4.69. The largest absolute Gasteiger partial charge is 0.282 e. The quantitative estimate of drug-likeness (QED) is 0.782. The summed E-state index contributed by atoms with van der Waals surface area (Å²) < 4.78 is 0. The van der Waals surface area contributed by atoms with Gasteiger partial charge in [-0.3, -0.25) is 9.80 Å². The van der Waals surface area contributed by atoms with Crippen molar-refractivity contribution in [3.8, 4) is 0 Å². The normalized spacial score (nSPS) is 25.0. The fourth-order valence-electron chi connectivity index (χ4n) is 2.87. The Morgan fingerprint density at radius 3 is 1.59 bits per heavy atom. The lowest BCUT2D eigenvalue weighted by atomic mass is 10.3. The lowest BCUT2D eigenvalue weighted by Gasteiger charge is -2.29. The highest BCUT2D eigenvalue weighted by Crippen LogP contribution is 2.33. The van der Waals surface area contributed by atoms with Crippen molar-refractivity contribution < 1.29 is 0 Å². The molecule has 4 aliphatic rings. The van der Waals surface area contributed by atoms with Crippen molar-refractivity contribution in [3.05, 3.63) is 60.5 Å². The fraction of sp³-hybridized carbons (Fsp3) is 0.250. The molecule has 0 saturated heterocycles. The van der Waals surface area contributed by atoms with E-state index in [1.165, 1.54) is 0 Å². The van der Waals surface area contributed by atoms with E-state index in [-0.39, 0.29) is 0 Å². The van der Waals surface area contributed by atoms with Crippen LogP contribution in [0.3, 0.4) is 0 Å². The lowest BCUT2D eigenvalue weighted by Crippen LogP contribution is -2.34. The van der Waals surface area contributed by atoms with Gasteiger partial charge >= 0.3 is 0 Å². The van der Waals surface area contributed by atoms with Gasteiger partial charge in [0.1, 0.15) is 0 Å². The highest BCUT2D eigenvalue weighted by molar-refractivity contribution is 5.99. The summed E-state index contributed by atoms with van der Waals surface area (Å²) in [6.45, 7) is 5.83. The summed E-state index contributed by atoms with van der Waals surface area (Å²) in [6.07, 6.45) is 16.2. The first-order chi connectivity index (χ1) is 10.8. The van der Waals surface area contributed by atoms with E-state index in [0.29, 0.717) is 0 Å². The smallest absolute Gasteiger partial charge is 0.179 e. The molecule has 0 amide bonds. The highest BCUT2D eigenvalue weighted by Gasteiger charge is 2.37. The molecule has 0 spiro atoms. The zero-order valence-corrected chi connectivity index (χ0v) is 12.7. The highest BCUT2D eigenvalue weighted by atomic mass is 15.7. The molecule has 4 heterocycles. The van der Waals surface area contributed by atoms with E-state index in [1.807, 2.05) is 58.9 Å². The molecular weight excluding hydrogens is 276 g/mol. The molecule has 4 rings (SSSR count). The predicted octanol–water partition coefficient (Wildman–Crippen LogP) is 2.18. The molecule has 6 nitrogen and oxygen atoms in total. The van der Waals surface area contributed by atoms with Crippen LogP contribution in [0.25, 0.3) is 0 Å². The van der Waals surface area contributed by atoms with Gasteiger partial charge in [0, 0.05) is 25.5 Å². The van der Waals surface area contributed by atoms with Crippen molar-refractivity contribution in [1.29, 1.82) is 0 Å². The van der Waals surface area contributed by atoms with Crippen molar-refractivity contribution >= 4 is 11.7 Å².